The van der Waals surface area contributed by atoms with Crippen molar-refractivity contribution < 1.29 is 78.6 Å². The molecule has 3 saturated carbocycles. The molecule has 0 N–H and O–H groups in total. The average Bonchev–Trinajstić information content (AvgIpc) is 3.72. The fraction of sp³-hybridized carbons (Fsp3) is 0.845. The maximum atomic E-state index is 4.43. The Kier molecular flexibility index (Phi) is 99.8. The minimum absolute atomic E-state index is 0. The van der Waals surface area contributed by atoms with Crippen LogP contribution in [-0.4, -0.2) is 54.7 Å². The zero-order valence-electron chi connectivity index (χ0n) is 52.7. The standard InChI is InChI=1S/2C10H20.3C8H18N2.C5H10.9CH3.3Zr/c2*1-6-7(2)9(4)10(5)8(6)3;1-6-9-7(2)10-8(3,4)5;2*1-6(2)9-8(5)10-7(3)4;1-2-4-5-3-1;;;;;;;;;;;;/h2*6-10H,1-5H3;7H,6H2,1-5H3;2*6-8H,1-5H3;1-5H2;9*1H3;;;/q;;3*-2;;9*-1;;;. The van der Waals surface area contributed by atoms with Gasteiger partial charge in [0.2, 0.25) is 0 Å². The van der Waals surface area contributed by atoms with Gasteiger partial charge in [-0.2, -0.15) is 6.54 Å². The molecule has 3 aliphatic carbocycles. The summed E-state index contributed by atoms with van der Waals surface area (Å²) < 4.78 is 0. The van der Waals surface area contributed by atoms with Gasteiger partial charge < -0.3 is 98.7 Å². The van der Waals surface area contributed by atoms with Gasteiger partial charge in [0.05, 0.1) is 0 Å². The molecule has 0 aromatic rings. The first-order chi connectivity index (χ1) is 25.1. The molecule has 67 heavy (non-hydrogen) atoms. The van der Waals surface area contributed by atoms with Crippen molar-refractivity contribution in [3.05, 3.63) is 98.7 Å². The van der Waals surface area contributed by atoms with Crippen molar-refractivity contribution in [2.24, 2.45) is 59.2 Å². The SMILES string of the molecule is C1CCCC1.CC(C)[N-]C(C)[N-]C(C)C.CC(C)[N-]C(C)[N-]C(C)C.CC1C(C)C(C)C(C)C1C.CC1C(C)C(C)C(C)C1C.CC[N-]C(C)[N-]C(C)(C)C.[CH3-].[CH3-].[CH3-].[CH3-].[CH3-].[CH3-].[CH3-].[CH3-].[CH3-].[Zr].[Zr].[Zr]. The van der Waals surface area contributed by atoms with E-state index in [4.69, 9.17) is 0 Å². The molecule has 9 heteroatoms. The van der Waals surface area contributed by atoms with E-state index in [0.29, 0.717) is 24.2 Å². The molecule has 0 heterocycles. The van der Waals surface area contributed by atoms with Crippen LogP contribution >= 0.6 is 0 Å². The van der Waals surface area contributed by atoms with Gasteiger partial charge in [0.25, 0.3) is 0 Å². The molecule has 0 bridgehead atoms. The summed E-state index contributed by atoms with van der Waals surface area (Å²) >= 11 is 0. The number of hydrogen-bond donors (Lipinski definition) is 0. The van der Waals surface area contributed by atoms with Gasteiger partial charge in [-0.25, -0.2) is 18.5 Å². The van der Waals surface area contributed by atoms with Crippen LogP contribution < -0.4 is 0 Å². The Morgan fingerprint density at radius 1 is 0.328 bits per heavy atom. The number of rotatable bonds is 11. The van der Waals surface area contributed by atoms with Gasteiger partial charge in [-0.05, 0) is 59.2 Å². The summed E-state index contributed by atoms with van der Waals surface area (Å²) in [6.45, 7) is 55.8. The van der Waals surface area contributed by atoms with Crippen LogP contribution in [0.15, 0.2) is 0 Å². The molecule has 3 aliphatic rings. The summed E-state index contributed by atoms with van der Waals surface area (Å²) in [5.41, 5.74) is 0.0537. The Hall–Kier alpha value is 2.41. The second-order valence-electron chi connectivity index (χ2n) is 20.0. The molecule has 0 aliphatic heterocycles. The van der Waals surface area contributed by atoms with E-state index in [0.717, 1.165) is 65.7 Å². The van der Waals surface area contributed by atoms with Crippen molar-refractivity contribution in [3.8, 4) is 0 Å². The zero-order chi connectivity index (χ0) is 43.8. The van der Waals surface area contributed by atoms with Crippen molar-refractivity contribution in [2.45, 2.75) is 253 Å². The monoisotopic (exact) mass is 1180 g/mol. The predicted molar refractivity (Wildman–Crippen MR) is 312 cm³/mol. The third-order valence-electron chi connectivity index (χ3n) is 12.6. The van der Waals surface area contributed by atoms with Crippen LogP contribution in [0, 0.1) is 126 Å². The Balaban J connectivity index is -0.0000000362. The summed E-state index contributed by atoms with van der Waals surface area (Å²) in [4.78, 5) is 0. The van der Waals surface area contributed by atoms with E-state index in [1.165, 1.54) is 32.1 Å². The first kappa shape index (κ1) is 110. The van der Waals surface area contributed by atoms with Crippen LogP contribution in [0.1, 0.15) is 205 Å². The zero-order valence-corrected chi connectivity index (χ0v) is 60.1. The van der Waals surface area contributed by atoms with Crippen molar-refractivity contribution >= 4 is 0 Å². The molecular weight excluding hydrogens is 1050 g/mol. The first-order valence-electron chi connectivity index (χ1n) is 23.3. The average molecular weight is 1190 g/mol. The molecule has 3 fully saturated rings. The number of nitrogens with zero attached hydrogens (tertiary/aromatic N) is 6. The van der Waals surface area contributed by atoms with Crippen LogP contribution in [0.2, 0.25) is 0 Å². The molecule has 0 aromatic carbocycles. The summed E-state index contributed by atoms with van der Waals surface area (Å²) in [6.07, 6.45) is 7.99. The Morgan fingerprint density at radius 3 is 0.582 bits per heavy atom. The fourth-order valence-corrected chi connectivity index (χ4v) is 8.34. The van der Waals surface area contributed by atoms with Crippen LogP contribution in [0.5, 0.6) is 0 Å². The third kappa shape index (κ3) is 59.2. The van der Waals surface area contributed by atoms with Gasteiger partial charge in [-0.3, -0.25) is 0 Å². The number of hydrogen-bond acceptors (Lipinski definition) is 0. The molecule has 1 atom stereocenters. The molecule has 0 amide bonds. The summed E-state index contributed by atoms with van der Waals surface area (Å²) in [5.74, 6) is 9.35. The molecule has 0 saturated heterocycles. The minimum atomic E-state index is 0. The van der Waals surface area contributed by atoms with Crippen LogP contribution in [0.3, 0.4) is 0 Å². The second-order valence-corrected chi connectivity index (χ2v) is 20.0. The molecule has 6 nitrogen and oxygen atoms in total. The van der Waals surface area contributed by atoms with Crippen LogP contribution in [0.4, 0.5) is 0 Å². The van der Waals surface area contributed by atoms with E-state index < -0.39 is 0 Å². The topological polar surface area (TPSA) is 84.6 Å². The molecule has 420 valence electrons. The van der Waals surface area contributed by atoms with Crippen molar-refractivity contribution in [1.29, 1.82) is 0 Å². The van der Waals surface area contributed by atoms with Gasteiger partial charge in [0.1, 0.15) is 0 Å². The maximum Gasteiger partial charge on any atom is 0 e. The van der Waals surface area contributed by atoms with E-state index in [1.807, 2.05) is 27.7 Å². The van der Waals surface area contributed by atoms with Crippen molar-refractivity contribution in [2.75, 3.05) is 6.54 Å². The normalized spacial score (nSPS) is 24.2. The van der Waals surface area contributed by atoms with Gasteiger partial charge in [0.15, 0.2) is 0 Å². The van der Waals surface area contributed by atoms with Gasteiger partial charge in [-0.15, -0.1) is 50.5 Å². The molecule has 0 spiro atoms. The van der Waals surface area contributed by atoms with Crippen LogP contribution in [0.25, 0.3) is 31.9 Å². The third-order valence-corrected chi connectivity index (χ3v) is 12.6. The van der Waals surface area contributed by atoms with Gasteiger partial charge in [0, 0.05) is 78.6 Å². The Labute approximate surface area is 492 Å². The largest absolute Gasteiger partial charge is 0.678 e. The first-order valence-corrected chi connectivity index (χ1v) is 23.3. The Bertz CT molecular complexity index is 699. The van der Waals surface area contributed by atoms with Crippen molar-refractivity contribution in [3.63, 3.8) is 0 Å². The molecule has 1 unspecified atom stereocenters. The van der Waals surface area contributed by atoms with E-state index in [2.05, 4.69) is 177 Å². The van der Waals surface area contributed by atoms with E-state index in [-0.39, 0.29) is 169 Å². The quantitative estimate of drug-likeness (QED) is 0.185. The molecule has 0 radical (unpaired) electrons. The molecular formula is C58H131N6Zr3-15. The molecule has 3 rings (SSSR count). The summed E-state index contributed by atoms with van der Waals surface area (Å²) in [6, 6.07) is 1.60. The van der Waals surface area contributed by atoms with E-state index in [9.17, 15) is 0 Å². The van der Waals surface area contributed by atoms with E-state index >= 15 is 0 Å². The summed E-state index contributed by atoms with van der Waals surface area (Å²) in [5, 5.41) is 26.1. The van der Waals surface area contributed by atoms with Crippen molar-refractivity contribution in [1.82, 2.24) is 0 Å². The van der Waals surface area contributed by atoms with Gasteiger partial charge >= 0.3 is 0 Å². The molecule has 0 aromatic heterocycles. The van der Waals surface area contributed by atoms with Gasteiger partial charge in [-0.1, -0.05) is 184 Å². The minimum Gasteiger partial charge on any atom is -0.678 e. The Morgan fingerprint density at radius 2 is 0.478 bits per heavy atom. The predicted octanol–water partition coefficient (Wildman–Crippen LogP) is 21.0. The maximum absolute atomic E-state index is 4.43. The fourth-order valence-electron chi connectivity index (χ4n) is 8.34. The van der Waals surface area contributed by atoms with Crippen LogP contribution in [-0.2, 0) is 78.6 Å². The van der Waals surface area contributed by atoms with E-state index in [1.54, 1.807) is 0 Å². The smallest absolute Gasteiger partial charge is 0 e. The summed E-state index contributed by atoms with van der Waals surface area (Å²) in [7, 11) is 0. The second kappa shape index (κ2) is 61.0.